The summed E-state index contributed by atoms with van der Waals surface area (Å²) in [5.74, 6) is 0.142. The molecule has 1 atom stereocenters. The Bertz CT molecular complexity index is 714. The fourth-order valence-electron chi connectivity index (χ4n) is 2.65. The summed E-state index contributed by atoms with van der Waals surface area (Å²) >= 11 is 0. The molecule has 0 bridgehead atoms. The number of likely N-dealkylation sites (tertiary alicyclic amines) is 1. The van der Waals surface area contributed by atoms with Crippen LogP contribution in [-0.2, 0) is 16.1 Å². The number of hydrogen-bond donors (Lipinski definition) is 1. The van der Waals surface area contributed by atoms with Gasteiger partial charge >= 0.3 is 0 Å². The molecule has 1 aliphatic rings. The van der Waals surface area contributed by atoms with Crippen LogP contribution < -0.4 is 10.1 Å². The topological polar surface area (TPSA) is 76.5 Å². The number of nitrogens with one attached hydrogen (secondary N) is 1. The Morgan fingerprint density at radius 1 is 1.42 bits per heavy atom. The van der Waals surface area contributed by atoms with E-state index in [0.29, 0.717) is 31.1 Å². The van der Waals surface area contributed by atoms with E-state index in [9.17, 15) is 9.59 Å². The summed E-state index contributed by atoms with van der Waals surface area (Å²) in [6, 6.07) is 7.31. The summed E-state index contributed by atoms with van der Waals surface area (Å²) in [4.78, 5) is 29.5. The maximum absolute atomic E-state index is 12.4. The van der Waals surface area contributed by atoms with Crippen molar-refractivity contribution < 1.29 is 14.3 Å². The third kappa shape index (κ3) is 3.73. The van der Waals surface area contributed by atoms with Crippen LogP contribution in [0.1, 0.15) is 6.42 Å². The maximum atomic E-state index is 12.4. The number of aromatic nitrogens is 2. The Morgan fingerprint density at radius 3 is 2.96 bits per heavy atom. The third-order valence-electron chi connectivity index (χ3n) is 4.02. The van der Waals surface area contributed by atoms with Crippen LogP contribution in [0.4, 0.5) is 5.69 Å². The first-order chi connectivity index (χ1) is 11.6. The van der Waals surface area contributed by atoms with Crippen molar-refractivity contribution >= 4 is 17.5 Å². The van der Waals surface area contributed by atoms with Gasteiger partial charge in [0.25, 0.3) is 0 Å². The minimum atomic E-state index is -0.318. The molecule has 1 aromatic carbocycles. The van der Waals surface area contributed by atoms with Crippen molar-refractivity contribution in [2.75, 3.05) is 25.5 Å². The van der Waals surface area contributed by atoms with Crippen molar-refractivity contribution in [3.8, 4) is 5.75 Å². The van der Waals surface area contributed by atoms with Crippen molar-refractivity contribution in [2.45, 2.75) is 13.0 Å². The number of carbonyl (C=O) groups is 2. The van der Waals surface area contributed by atoms with Gasteiger partial charge in [0.05, 0.1) is 24.5 Å². The Labute approximate surface area is 140 Å². The highest BCUT2D eigenvalue weighted by atomic mass is 16.5. The highest BCUT2D eigenvalue weighted by molar-refractivity contribution is 5.98. The van der Waals surface area contributed by atoms with E-state index in [4.69, 9.17) is 4.74 Å². The van der Waals surface area contributed by atoms with E-state index in [1.165, 1.54) is 0 Å². The zero-order chi connectivity index (χ0) is 16.9. The van der Waals surface area contributed by atoms with Crippen LogP contribution in [0.25, 0.3) is 0 Å². The molecule has 0 radical (unpaired) electrons. The minimum Gasteiger partial charge on any atom is -0.490 e. The second-order valence-corrected chi connectivity index (χ2v) is 5.81. The zero-order valence-corrected chi connectivity index (χ0v) is 13.5. The van der Waals surface area contributed by atoms with Gasteiger partial charge in [-0.25, -0.2) is 4.98 Å². The van der Waals surface area contributed by atoms with E-state index in [-0.39, 0.29) is 24.2 Å². The van der Waals surface area contributed by atoms with Gasteiger partial charge in [0.15, 0.2) is 0 Å². The molecule has 0 saturated carbocycles. The Hall–Kier alpha value is -2.83. The van der Waals surface area contributed by atoms with Gasteiger partial charge in [-0.2, -0.15) is 0 Å². The van der Waals surface area contributed by atoms with Crippen LogP contribution >= 0.6 is 0 Å². The molecule has 1 fully saturated rings. The molecule has 2 amide bonds. The maximum Gasteiger partial charge on any atom is 0.229 e. The molecule has 1 aromatic heterocycles. The van der Waals surface area contributed by atoms with Gasteiger partial charge in [-0.05, 0) is 12.1 Å². The van der Waals surface area contributed by atoms with Crippen LogP contribution in [0, 0.1) is 5.92 Å². The normalized spacial score (nSPS) is 17.1. The number of anilines is 1. The first kappa shape index (κ1) is 16.0. The van der Waals surface area contributed by atoms with Gasteiger partial charge in [-0.3, -0.25) is 9.59 Å². The van der Waals surface area contributed by atoms with E-state index < -0.39 is 0 Å². The monoisotopic (exact) mass is 328 g/mol. The van der Waals surface area contributed by atoms with Crippen molar-refractivity contribution in [2.24, 2.45) is 5.92 Å². The number of para-hydroxylation sites is 2. The van der Waals surface area contributed by atoms with Gasteiger partial charge in [0.1, 0.15) is 12.4 Å². The molecule has 126 valence electrons. The summed E-state index contributed by atoms with van der Waals surface area (Å²) in [5, 5.41) is 2.88. The molecule has 7 heteroatoms. The molecule has 1 saturated heterocycles. The second-order valence-electron chi connectivity index (χ2n) is 5.81. The summed E-state index contributed by atoms with van der Waals surface area (Å²) in [7, 11) is 1.71. The first-order valence-electron chi connectivity index (χ1n) is 7.86. The fraction of sp³-hybridized carbons (Fsp3) is 0.353. The SMILES string of the molecule is CN1C[C@@H](C(=O)Nc2ccccc2OCCn2ccnc2)CC1=O. The minimum absolute atomic E-state index is 0.0000160. The lowest BCUT2D eigenvalue weighted by Gasteiger charge is -2.15. The molecular weight excluding hydrogens is 308 g/mol. The van der Waals surface area contributed by atoms with E-state index in [1.807, 2.05) is 29.0 Å². The number of hydrogen-bond acceptors (Lipinski definition) is 4. The molecule has 24 heavy (non-hydrogen) atoms. The summed E-state index contributed by atoms with van der Waals surface area (Å²) in [6.45, 7) is 1.59. The van der Waals surface area contributed by atoms with Crippen LogP contribution in [-0.4, -0.2) is 46.5 Å². The van der Waals surface area contributed by atoms with E-state index in [1.54, 1.807) is 30.5 Å². The number of carbonyl (C=O) groups excluding carboxylic acids is 2. The predicted octanol–water partition coefficient (Wildman–Crippen LogP) is 1.38. The Morgan fingerprint density at radius 2 is 2.25 bits per heavy atom. The fourth-order valence-corrected chi connectivity index (χ4v) is 2.65. The molecule has 0 aliphatic carbocycles. The number of rotatable bonds is 6. The largest absolute Gasteiger partial charge is 0.490 e. The van der Waals surface area contributed by atoms with Gasteiger partial charge in [-0.1, -0.05) is 12.1 Å². The van der Waals surface area contributed by atoms with Crippen molar-refractivity contribution in [3.05, 3.63) is 43.0 Å². The molecular formula is C17H20N4O3. The van der Waals surface area contributed by atoms with Crippen molar-refractivity contribution in [1.29, 1.82) is 0 Å². The lowest BCUT2D eigenvalue weighted by Crippen LogP contribution is -2.26. The summed E-state index contributed by atoms with van der Waals surface area (Å²) in [6.07, 6.45) is 5.56. The molecule has 2 heterocycles. The molecule has 2 aromatic rings. The molecule has 7 nitrogen and oxygen atoms in total. The van der Waals surface area contributed by atoms with Crippen molar-refractivity contribution in [3.63, 3.8) is 0 Å². The summed E-state index contributed by atoms with van der Waals surface area (Å²) in [5.41, 5.74) is 0.620. The predicted molar refractivity (Wildman–Crippen MR) is 88.5 cm³/mol. The zero-order valence-electron chi connectivity index (χ0n) is 13.5. The number of amides is 2. The van der Waals surface area contributed by atoms with Crippen LogP contribution in [0.2, 0.25) is 0 Å². The van der Waals surface area contributed by atoms with E-state index >= 15 is 0 Å². The van der Waals surface area contributed by atoms with E-state index in [2.05, 4.69) is 10.3 Å². The number of nitrogens with zero attached hydrogens (tertiary/aromatic N) is 3. The number of ether oxygens (including phenoxy) is 1. The van der Waals surface area contributed by atoms with Gasteiger partial charge in [0.2, 0.25) is 11.8 Å². The smallest absolute Gasteiger partial charge is 0.229 e. The quantitative estimate of drug-likeness (QED) is 0.869. The average molecular weight is 328 g/mol. The molecule has 3 rings (SSSR count). The Kier molecular flexibility index (Phi) is 4.79. The number of imidazole rings is 1. The van der Waals surface area contributed by atoms with Crippen LogP contribution in [0.15, 0.2) is 43.0 Å². The third-order valence-corrected chi connectivity index (χ3v) is 4.02. The van der Waals surface area contributed by atoms with Crippen LogP contribution in [0.5, 0.6) is 5.75 Å². The summed E-state index contributed by atoms with van der Waals surface area (Å²) < 4.78 is 7.69. The molecule has 0 spiro atoms. The van der Waals surface area contributed by atoms with E-state index in [0.717, 1.165) is 0 Å². The average Bonchev–Trinajstić information content (AvgIpc) is 3.20. The lowest BCUT2D eigenvalue weighted by atomic mass is 10.1. The molecule has 1 N–H and O–H groups in total. The first-order valence-corrected chi connectivity index (χ1v) is 7.86. The highest BCUT2D eigenvalue weighted by Crippen LogP contribution is 2.26. The lowest BCUT2D eigenvalue weighted by molar-refractivity contribution is -0.127. The Balaban J connectivity index is 1.59. The van der Waals surface area contributed by atoms with Gasteiger partial charge < -0.3 is 19.5 Å². The molecule has 0 unspecified atom stereocenters. The molecule has 1 aliphatic heterocycles. The second kappa shape index (κ2) is 7.16. The number of benzene rings is 1. The van der Waals surface area contributed by atoms with Gasteiger partial charge in [-0.15, -0.1) is 0 Å². The highest BCUT2D eigenvalue weighted by Gasteiger charge is 2.32. The van der Waals surface area contributed by atoms with Gasteiger partial charge in [0, 0.05) is 32.4 Å². The standard InChI is InChI=1S/C17H20N4O3/c1-20-11-13(10-16(20)22)17(23)19-14-4-2-3-5-15(14)24-9-8-21-7-6-18-12-21/h2-7,12-13H,8-11H2,1H3,(H,19,23)/t13-/m0/s1. The van der Waals surface area contributed by atoms with Crippen molar-refractivity contribution in [1.82, 2.24) is 14.5 Å². The van der Waals surface area contributed by atoms with Crippen LogP contribution in [0.3, 0.4) is 0 Å².